The minimum Gasteiger partial charge on any atom is -0.397 e. The molecule has 0 aliphatic carbocycles. The summed E-state index contributed by atoms with van der Waals surface area (Å²) in [5, 5.41) is 10.8. The molecule has 0 fully saturated rings. The van der Waals surface area contributed by atoms with Crippen molar-refractivity contribution in [3.8, 4) is 11.8 Å². The number of benzene rings is 1. The normalized spacial score (nSPS) is 9.58. The Labute approximate surface area is 115 Å². The quantitative estimate of drug-likeness (QED) is 0.302. The Kier molecular flexibility index (Phi) is 5.39. The van der Waals surface area contributed by atoms with Gasteiger partial charge in [-0.1, -0.05) is 23.6 Å². The van der Waals surface area contributed by atoms with Crippen molar-refractivity contribution in [2.45, 2.75) is 20.3 Å². The van der Waals surface area contributed by atoms with E-state index in [0.29, 0.717) is 29.0 Å². The zero-order chi connectivity index (χ0) is 14.4. The van der Waals surface area contributed by atoms with Crippen molar-refractivity contribution in [1.82, 2.24) is 0 Å². The summed E-state index contributed by atoms with van der Waals surface area (Å²) in [6, 6.07) is 2.79. The van der Waals surface area contributed by atoms with Crippen molar-refractivity contribution in [3.63, 3.8) is 0 Å². The lowest BCUT2D eigenvalue weighted by Gasteiger charge is -2.02. The van der Waals surface area contributed by atoms with Crippen molar-refractivity contribution in [2.24, 2.45) is 0 Å². The van der Waals surface area contributed by atoms with Gasteiger partial charge in [-0.15, -0.1) is 0 Å². The van der Waals surface area contributed by atoms with Crippen LogP contribution >= 0.6 is 11.8 Å². The van der Waals surface area contributed by atoms with Gasteiger partial charge in [0.2, 0.25) is 0 Å². The summed E-state index contributed by atoms with van der Waals surface area (Å²) in [4.78, 5) is 21.0. The molecule has 0 saturated carbocycles. The van der Waals surface area contributed by atoms with Crippen molar-refractivity contribution >= 4 is 28.3 Å². The SMILES string of the molecule is CC(=O)SCCC#Cc1cc([N+](=O)[O-])cc(C)c1N. The van der Waals surface area contributed by atoms with Crippen LogP contribution in [0.2, 0.25) is 0 Å². The molecule has 0 unspecified atom stereocenters. The molecule has 6 heteroatoms. The summed E-state index contributed by atoms with van der Waals surface area (Å²) in [6.07, 6.45) is 0.533. The summed E-state index contributed by atoms with van der Waals surface area (Å²) in [5.74, 6) is 6.29. The molecule has 19 heavy (non-hydrogen) atoms. The first-order valence-electron chi connectivity index (χ1n) is 5.58. The smallest absolute Gasteiger partial charge is 0.271 e. The highest BCUT2D eigenvalue weighted by atomic mass is 32.2. The van der Waals surface area contributed by atoms with E-state index in [-0.39, 0.29) is 10.8 Å². The minimum atomic E-state index is -0.469. The van der Waals surface area contributed by atoms with Crippen LogP contribution in [0.15, 0.2) is 12.1 Å². The fourth-order valence-electron chi connectivity index (χ4n) is 1.39. The lowest BCUT2D eigenvalue weighted by molar-refractivity contribution is -0.384. The molecule has 2 N–H and O–H groups in total. The summed E-state index contributed by atoms with van der Waals surface area (Å²) in [5.41, 5.74) is 7.36. The van der Waals surface area contributed by atoms with E-state index in [4.69, 9.17) is 5.73 Å². The van der Waals surface area contributed by atoms with Crippen LogP contribution in [-0.2, 0) is 4.79 Å². The Morgan fingerprint density at radius 2 is 2.21 bits per heavy atom. The minimum absolute atomic E-state index is 0.0193. The molecule has 0 heterocycles. The number of aryl methyl sites for hydroxylation is 1. The largest absolute Gasteiger partial charge is 0.397 e. The highest BCUT2D eigenvalue weighted by Gasteiger charge is 2.10. The second kappa shape index (κ2) is 6.81. The average Bonchev–Trinajstić information content (AvgIpc) is 2.33. The number of carbonyl (C=O) groups excluding carboxylic acids is 1. The van der Waals surface area contributed by atoms with Gasteiger partial charge in [0, 0.05) is 31.2 Å². The number of nitrogen functional groups attached to an aromatic ring is 1. The molecule has 0 aliphatic heterocycles. The molecule has 1 aromatic rings. The maximum atomic E-state index is 10.7. The third kappa shape index (κ3) is 4.64. The van der Waals surface area contributed by atoms with Gasteiger partial charge in [0.15, 0.2) is 5.12 Å². The first kappa shape index (κ1) is 15.1. The Morgan fingerprint density at radius 1 is 1.53 bits per heavy atom. The van der Waals surface area contributed by atoms with Crippen molar-refractivity contribution in [2.75, 3.05) is 11.5 Å². The molecule has 5 nitrogen and oxygen atoms in total. The maximum Gasteiger partial charge on any atom is 0.271 e. The van der Waals surface area contributed by atoms with Crippen LogP contribution in [0.5, 0.6) is 0 Å². The second-order valence-corrected chi connectivity index (χ2v) is 5.14. The third-order valence-electron chi connectivity index (χ3n) is 2.34. The van der Waals surface area contributed by atoms with Gasteiger partial charge in [-0.25, -0.2) is 0 Å². The Morgan fingerprint density at radius 3 is 2.79 bits per heavy atom. The Hall–Kier alpha value is -2.00. The van der Waals surface area contributed by atoms with Crippen molar-refractivity contribution in [1.29, 1.82) is 0 Å². The van der Waals surface area contributed by atoms with Crippen LogP contribution in [0.4, 0.5) is 11.4 Å². The van der Waals surface area contributed by atoms with Gasteiger partial charge in [0.05, 0.1) is 16.2 Å². The molecule has 0 radical (unpaired) electrons. The molecular formula is C13H14N2O3S. The average molecular weight is 278 g/mol. The lowest BCUT2D eigenvalue weighted by Crippen LogP contribution is -1.97. The van der Waals surface area contributed by atoms with E-state index in [2.05, 4.69) is 11.8 Å². The number of nitrogens with zero attached hydrogens (tertiary/aromatic N) is 1. The fraction of sp³-hybridized carbons (Fsp3) is 0.308. The van der Waals surface area contributed by atoms with E-state index in [1.807, 2.05) is 0 Å². The number of non-ortho nitro benzene ring substituents is 1. The summed E-state index contributed by atoms with van der Waals surface area (Å²) in [7, 11) is 0. The fourth-order valence-corrected chi connectivity index (χ4v) is 1.88. The van der Waals surface area contributed by atoms with Crippen LogP contribution < -0.4 is 5.73 Å². The lowest BCUT2D eigenvalue weighted by atomic mass is 10.1. The van der Waals surface area contributed by atoms with Crippen LogP contribution in [0.3, 0.4) is 0 Å². The molecule has 0 bridgehead atoms. The number of anilines is 1. The molecule has 0 atom stereocenters. The predicted octanol–water partition coefficient (Wildman–Crippen LogP) is 2.51. The number of thioether (sulfide) groups is 1. The van der Waals surface area contributed by atoms with Gasteiger partial charge in [-0.05, 0) is 12.5 Å². The van der Waals surface area contributed by atoms with Crippen LogP contribution in [-0.4, -0.2) is 15.8 Å². The number of rotatable bonds is 3. The molecular weight excluding hydrogens is 264 g/mol. The Balaban J connectivity index is 2.86. The summed E-state index contributed by atoms with van der Waals surface area (Å²) < 4.78 is 0. The van der Waals surface area contributed by atoms with E-state index in [1.54, 1.807) is 6.92 Å². The van der Waals surface area contributed by atoms with Gasteiger partial charge >= 0.3 is 0 Å². The number of nitro benzene ring substituents is 1. The van der Waals surface area contributed by atoms with E-state index < -0.39 is 4.92 Å². The van der Waals surface area contributed by atoms with Crippen LogP contribution in [0, 0.1) is 28.9 Å². The summed E-state index contributed by atoms with van der Waals surface area (Å²) in [6.45, 7) is 3.21. The molecule has 0 aromatic heterocycles. The molecule has 0 aliphatic rings. The highest BCUT2D eigenvalue weighted by Crippen LogP contribution is 2.23. The van der Waals surface area contributed by atoms with E-state index in [9.17, 15) is 14.9 Å². The number of carbonyl (C=O) groups is 1. The van der Waals surface area contributed by atoms with E-state index in [0.717, 1.165) is 0 Å². The molecule has 0 amide bonds. The van der Waals surface area contributed by atoms with Gasteiger partial charge in [0.1, 0.15) is 0 Å². The molecule has 0 spiro atoms. The van der Waals surface area contributed by atoms with Crippen LogP contribution in [0.25, 0.3) is 0 Å². The first-order valence-corrected chi connectivity index (χ1v) is 6.57. The zero-order valence-corrected chi connectivity index (χ0v) is 11.5. The molecule has 100 valence electrons. The van der Waals surface area contributed by atoms with Gasteiger partial charge in [-0.2, -0.15) is 0 Å². The van der Waals surface area contributed by atoms with Crippen molar-refractivity contribution in [3.05, 3.63) is 33.4 Å². The first-order chi connectivity index (χ1) is 8.91. The summed E-state index contributed by atoms with van der Waals surface area (Å²) >= 11 is 1.20. The maximum absolute atomic E-state index is 10.7. The highest BCUT2D eigenvalue weighted by molar-refractivity contribution is 8.13. The zero-order valence-electron chi connectivity index (χ0n) is 10.7. The van der Waals surface area contributed by atoms with Crippen LogP contribution in [0.1, 0.15) is 24.5 Å². The van der Waals surface area contributed by atoms with E-state index >= 15 is 0 Å². The molecule has 0 saturated heterocycles. The Bertz CT molecular complexity index is 573. The number of hydrogen-bond donors (Lipinski definition) is 1. The van der Waals surface area contributed by atoms with Gasteiger partial charge in [0.25, 0.3) is 5.69 Å². The monoisotopic (exact) mass is 278 g/mol. The van der Waals surface area contributed by atoms with E-state index in [1.165, 1.54) is 30.8 Å². The number of nitrogens with two attached hydrogens (primary N) is 1. The predicted molar refractivity (Wildman–Crippen MR) is 76.9 cm³/mol. The molecule has 1 aromatic carbocycles. The topological polar surface area (TPSA) is 86.2 Å². The van der Waals surface area contributed by atoms with Crippen molar-refractivity contribution < 1.29 is 9.72 Å². The number of nitro groups is 1. The van der Waals surface area contributed by atoms with Gasteiger partial charge < -0.3 is 5.73 Å². The standard InChI is InChI=1S/C13H14N2O3S/c1-9-7-12(15(17)18)8-11(13(9)14)5-3-4-6-19-10(2)16/h7-8H,4,6,14H2,1-2H3. The van der Waals surface area contributed by atoms with Gasteiger partial charge in [-0.3, -0.25) is 14.9 Å². The third-order valence-corrected chi connectivity index (χ3v) is 3.15. The number of hydrogen-bond acceptors (Lipinski definition) is 5. The second-order valence-electron chi connectivity index (χ2n) is 3.87. The molecule has 1 rings (SSSR count).